The number of likely N-dealkylation sites (tertiary alicyclic amines) is 1. The van der Waals surface area contributed by atoms with Crippen molar-refractivity contribution in [3.05, 3.63) is 0 Å². The zero-order valence-corrected chi connectivity index (χ0v) is 7.74. The Bertz CT molecular complexity index is 130. The van der Waals surface area contributed by atoms with Crippen molar-refractivity contribution in [1.82, 2.24) is 4.90 Å². The number of hydrogen-bond donors (Lipinski definition) is 2. The molecule has 0 aromatic carbocycles. The van der Waals surface area contributed by atoms with Gasteiger partial charge in [0.15, 0.2) is 0 Å². The summed E-state index contributed by atoms with van der Waals surface area (Å²) < 4.78 is 0. The summed E-state index contributed by atoms with van der Waals surface area (Å²) in [6.45, 7) is 4.96. The molecule has 0 unspecified atom stereocenters. The van der Waals surface area contributed by atoms with Crippen LogP contribution in [0, 0.1) is 5.92 Å². The molecule has 0 radical (unpaired) electrons. The Balaban J connectivity index is 2.33. The molecule has 0 amide bonds. The van der Waals surface area contributed by atoms with Gasteiger partial charge in [-0.25, -0.2) is 0 Å². The summed E-state index contributed by atoms with van der Waals surface area (Å²) in [4.78, 5) is 2.22. The number of aliphatic hydroxyl groups is 2. The molecule has 1 saturated heterocycles. The lowest BCUT2D eigenvalue weighted by molar-refractivity contribution is 0.0196. The van der Waals surface area contributed by atoms with E-state index in [4.69, 9.17) is 5.11 Å². The van der Waals surface area contributed by atoms with E-state index in [2.05, 4.69) is 11.8 Å². The van der Waals surface area contributed by atoms with Gasteiger partial charge in [-0.3, -0.25) is 0 Å². The van der Waals surface area contributed by atoms with Crippen molar-refractivity contribution in [3.8, 4) is 0 Å². The molecule has 3 nitrogen and oxygen atoms in total. The van der Waals surface area contributed by atoms with Crippen molar-refractivity contribution < 1.29 is 10.2 Å². The first-order valence-corrected chi connectivity index (χ1v) is 4.79. The highest BCUT2D eigenvalue weighted by Gasteiger charge is 2.25. The van der Waals surface area contributed by atoms with Crippen LogP contribution in [0.1, 0.15) is 19.8 Å². The quantitative estimate of drug-likeness (QED) is 0.635. The van der Waals surface area contributed by atoms with Gasteiger partial charge in [0.1, 0.15) is 0 Å². The number of aliphatic hydroxyl groups excluding tert-OH is 2. The van der Waals surface area contributed by atoms with Crippen LogP contribution in [-0.2, 0) is 0 Å². The average molecular weight is 173 g/mol. The fraction of sp³-hybridized carbons (Fsp3) is 1.00. The molecule has 0 aromatic rings. The van der Waals surface area contributed by atoms with Crippen molar-refractivity contribution in [2.45, 2.75) is 25.9 Å². The molecule has 1 rings (SSSR count). The van der Waals surface area contributed by atoms with Gasteiger partial charge in [0.2, 0.25) is 0 Å². The highest BCUT2D eigenvalue weighted by Crippen LogP contribution is 2.19. The zero-order valence-electron chi connectivity index (χ0n) is 7.74. The summed E-state index contributed by atoms with van der Waals surface area (Å²) in [5.41, 5.74) is 0. The number of piperidine rings is 1. The molecule has 1 heterocycles. The summed E-state index contributed by atoms with van der Waals surface area (Å²) >= 11 is 0. The Morgan fingerprint density at radius 2 is 2.25 bits per heavy atom. The van der Waals surface area contributed by atoms with Crippen molar-refractivity contribution in [2.75, 3.05) is 26.2 Å². The standard InChI is InChI=1S/C9H19NO2/c1-2-8-7-10(5-6-11)4-3-9(8)12/h8-9,11-12H,2-7H2,1H3/t8-,9+/m0/s1. The molecule has 1 aliphatic rings. The molecule has 3 heteroatoms. The minimum atomic E-state index is -0.120. The van der Waals surface area contributed by atoms with Gasteiger partial charge < -0.3 is 15.1 Å². The second-order valence-corrected chi connectivity index (χ2v) is 3.55. The van der Waals surface area contributed by atoms with Crippen LogP contribution >= 0.6 is 0 Å². The summed E-state index contributed by atoms with van der Waals surface area (Å²) in [5.74, 6) is 0.408. The molecule has 0 aromatic heterocycles. The maximum absolute atomic E-state index is 9.57. The van der Waals surface area contributed by atoms with Gasteiger partial charge in [-0.05, 0) is 18.8 Å². The first-order chi connectivity index (χ1) is 5.77. The number of β-amino-alcohol motifs (C(OH)–C–C–N with tert-alkyl or cyclic N) is 1. The van der Waals surface area contributed by atoms with E-state index in [1.54, 1.807) is 0 Å². The smallest absolute Gasteiger partial charge is 0.0592 e. The first-order valence-electron chi connectivity index (χ1n) is 4.79. The van der Waals surface area contributed by atoms with Gasteiger partial charge in [-0.1, -0.05) is 6.92 Å². The molecule has 2 N–H and O–H groups in total. The topological polar surface area (TPSA) is 43.7 Å². The predicted octanol–water partition coefficient (Wildman–Crippen LogP) is 0.0715. The van der Waals surface area contributed by atoms with Gasteiger partial charge in [-0.15, -0.1) is 0 Å². The predicted molar refractivity (Wildman–Crippen MR) is 47.9 cm³/mol. The van der Waals surface area contributed by atoms with Crippen LogP contribution in [-0.4, -0.2) is 47.5 Å². The largest absolute Gasteiger partial charge is 0.395 e. The van der Waals surface area contributed by atoms with E-state index in [0.29, 0.717) is 5.92 Å². The Hall–Kier alpha value is -0.120. The zero-order chi connectivity index (χ0) is 8.97. The number of hydrogen-bond acceptors (Lipinski definition) is 3. The van der Waals surface area contributed by atoms with Crippen LogP contribution in [0.5, 0.6) is 0 Å². The van der Waals surface area contributed by atoms with Crippen LogP contribution in [0.3, 0.4) is 0 Å². The minimum absolute atomic E-state index is 0.120. The molecular weight excluding hydrogens is 154 g/mol. The van der Waals surface area contributed by atoms with Crippen molar-refractivity contribution in [3.63, 3.8) is 0 Å². The third-order valence-corrected chi connectivity index (χ3v) is 2.72. The third kappa shape index (κ3) is 2.44. The summed E-state index contributed by atoms with van der Waals surface area (Å²) in [5, 5.41) is 18.3. The van der Waals surface area contributed by atoms with Crippen LogP contribution in [0.25, 0.3) is 0 Å². The first kappa shape index (κ1) is 9.96. The fourth-order valence-electron chi connectivity index (χ4n) is 1.84. The molecule has 12 heavy (non-hydrogen) atoms. The lowest BCUT2D eigenvalue weighted by atomic mass is 9.92. The lowest BCUT2D eigenvalue weighted by Gasteiger charge is -2.35. The highest BCUT2D eigenvalue weighted by atomic mass is 16.3. The Morgan fingerprint density at radius 1 is 1.50 bits per heavy atom. The molecule has 72 valence electrons. The maximum atomic E-state index is 9.57. The van der Waals surface area contributed by atoms with Gasteiger partial charge in [0.25, 0.3) is 0 Å². The molecule has 0 spiro atoms. The maximum Gasteiger partial charge on any atom is 0.0592 e. The Morgan fingerprint density at radius 3 is 2.83 bits per heavy atom. The van der Waals surface area contributed by atoms with Crippen LogP contribution in [0.2, 0.25) is 0 Å². The highest BCUT2D eigenvalue weighted by molar-refractivity contribution is 4.78. The molecule has 1 fully saturated rings. The van der Waals surface area contributed by atoms with E-state index in [9.17, 15) is 5.11 Å². The second kappa shape index (κ2) is 4.80. The monoisotopic (exact) mass is 173 g/mol. The SMILES string of the molecule is CC[C@H]1CN(CCO)CC[C@H]1O. The fourth-order valence-corrected chi connectivity index (χ4v) is 1.84. The third-order valence-electron chi connectivity index (χ3n) is 2.72. The Labute approximate surface area is 74.0 Å². The van der Waals surface area contributed by atoms with Gasteiger partial charge >= 0.3 is 0 Å². The molecule has 0 aliphatic carbocycles. The van der Waals surface area contributed by atoms with E-state index in [1.165, 1.54) is 0 Å². The van der Waals surface area contributed by atoms with E-state index in [0.717, 1.165) is 32.5 Å². The summed E-state index contributed by atoms with van der Waals surface area (Å²) in [6.07, 6.45) is 1.77. The van der Waals surface area contributed by atoms with Gasteiger partial charge in [-0.2, -0.15) is 0 Å². The lowest BCUT2D eigenvalue weighted by Crippen LogP contribution is -2.43. The van der Waals surface area contributed by atoms with Crippen LogP contribution < -0.4 is 0 Å². The second-order valence-electron chi connectivity index (χ2n) is 3.55. The van der Waals surface area contributed by atoms with Gasteiger partial charge in [0, 0.05) is 19.6 Å². The van der Waals surface area contributed by atoms with Crippen molar-refractivity contribution >= 4 is 0 Å². The number of nitrogens with zero attached hydrogens (tertiary/aromatic N) is 1. The number of rotatable bonds is 3. The van der Waals surface area contributed by atoms with Crippen molar-refractivity contribution in [2.24, 2.45) is 5.92 Å². The summed E-state index contributed by atoms with van der Waals surface area (Å²) in [6, 6.07) is 0. The molecule has 0 saturated carbocycles. The molecule has 0 bridgehead atoms. The summed E-state index contributed by atoms with van der Waals surface area (Å²) in [7, 11) is 0. The molecular formula is C9H19NO2. The van der Waals surface area contributed by atoms with E-state index in [-0.39, 0.29) is 12.7 Å². The molecule has 1 aliphatic heterocycles. The van der Waals surface area contributed by atoms with Crippen LogP contribution in [0.4, 0.5) is 0 Å². The van der Waals surface area contributed by atoms with E-state index < -0.39 is 0 Å². The van der Waals surface area contributed by atoms with E-state index >= 15 is 0 Å². The van der Waals surface area contributed by atoms with Crippen LogP contribution in [0.15, 0.2) is 0 Å². The van der Waals surface area contributed by atoms with E-state index in [1.807, 2.05) is 0 Å². The Kier molecular flexibility index (Phi) is 3.98. The minimum Gasteiger partial charge on any atom is -0.395 e. The molecule has 2 atom stereocenters. The van der Waals surface area contributed by atoms with Gasteiger partial charge in [0.05, 0.1) is 12.7 Å². The normalized spacial score (nSPS) is 32.2. The average Bonchev–Trinajstić information content (AvgIpc) is 2.09. The van der Waals surface area contributed by atoms with Crippen molar-refractivity contribution in [1.29, 1.82) is 0 Å².